The van der Waals surface area contributed by atoms with Gasteiger partial charge in [0, 0.05) is 24.0 Å². The van der Waals surface area contributed by atoms with E-state index in [2.05, 4.69) is 10.4 Å². The third-order valence-corrected chi connectivity index (χ3v) is 3.76. The number of aromatic nitrogens is 2. The van der Waals surface area contributed by atoms with Crippen LogP contribution in [0.3, 0.4) is 0 Å². The van der Waals surface area contributed by atoms with Gasteiger partial charge >= 0.3 is 0 Å². The van der Waals surface area contributed by atoms with E-state index in [-0.39, 0.29) is 11.9 Å². The van der Waals surface area contributed by atoms with E-state index in [1.54, 1.807) is 12.1 Å². The van der Waals surface area contributed by atoms with Gasteiger partial charge in [0.1, 0.15) is 5.82 Å². The molecule has 0 saturated heterocycles. The molecule has 4 heteroatoms. The standard InChI is InChI=1S/C15H18FN3/c1-10-6-11(16)8-12(7-10)18-14-4-3-5-15-13(14)9-17-19(15)2/h6-9,14,18H,3-5H2,1-2H3. The number of anilines is 1. The molecule has 1 N–H and O–H groups in total. The van der Waals surface area contributed by atoms with Gasteiger partial charge in [-0.05, 0) is 49.9 Å². The molecule has 1 aliphatic rings. The average molecular weight is 259 g/mol. The molecule has 0 bridgehead atoms. The smallest absolute Gasteiger partial charge is 0.125 e. The van der Waals surface area contributed by atoms with Gasteiger partial charge in [-0.15, -0.1) is 0 Å². The molecule has 19 heavy (non-hydrogen) atoms. The van der Waals surface area contributed by atoms with E-state index in [0.29, 0.717) is 0 Å². The highest BCUT2D eigenvalue weighted by Gasteiger charge is 2.23. The molecular formula is C15H18FN3. The van der Waals surface area contributed by atoms with Crippen LogP contribution in [-0.2, 0) is 13.5 Å². The van der Waals surface area contributed by atoms with E-state index in [1.807, 2.05) is 30.9 Å². The van der Waals surface area contributed by atoms with Gasteiger partial charge in [0.25, 0.3) is 0 Å². The maximum Gasteiger partial charge on any atom is 0.125 e. The largest absolute Gasteiger partial charge is 0.378 e. The number of benzene rings is 1. The summed E-state index contributed by atoms with van der Waals surface area (Å²) in [4.78, 5) is 0. The molecule has 0 fully saturated rings. The monoisotopic (exact) mass is 259 g/mol. The zero-order chi connectivity index (χ0) is 13.4. The van der Waals surface area contributed by atoms with Gasteiger partial charge in [-0.2, -0.15) is 5.10 Å². The normalized spacial score (nSPS) is 18.2. The van der Waals surface area contributed by atoms with Gasteiger partial charge in [-0.3, -0.25) is 4.68 Å². The summed E-state index contributed by atoms with van der Waals surface area (Å²) in [5, 5.41) is 7.77. The number of halogens is 1. The molecule has 0 saturated carbocycles. The lowest BCUT2D eigenvalue weighted by Crippen LogP contribution is -2.17. The summed E-state index contributed by atoms with van der Waals surface area (Å²) in [6, 6.07) is 5.31. The third kappa shape index (κ3) is 2.35. The number of hydrogen-bond acceptors (Lipinski definition) is 2. The molecule has 2 aromatic rings. The summed E-state index contributed by atoms with van der Waals surface area (Å²) in [5.74, 6) is -0.190. The van der Waals surface area contributed by atoms with E-state index >= 15 is 0 Å². The Morgan fingerprint density at radius 1 is 1.37 bits per heavy atom. The highest BCUT2D eigenvalue weighted by atomic mass is 19.1. The lowest BCUT2D eigenvalue weighted by Gasteiger charge is -2.25. The summed E-state index contributed by atoms with van der Waals surface area (Å²) in [6.07, 6.45) is 5.21. The summed E-state index contributed by atoms with van der Waals surface area (Å²) in [5.41, 5.74) is 4.32. The van der Waals surface area contributed by atoms with E-state index in [1.165, 1.54) is 11.3 Å². The Bertz CT molecular complexity index is 583. The molecule has 0 amide bonds. The number of rotatable bonds is 2. The van der Waals surface area contributed by atoms with E-state index < -0.39 is 0 Å². The Balaban J connectivity index is 1.88. The van der Waals surface area contributed by atoms with Gasteiger partial charge in [-0.25, -0.2) is 4.39 Å². The third-order valence-electron chi connectivity index (χ3n) is 3.76. The van der Waals surface area contributed by atoms with Crippen LogP contribution in [0.15, 0.2) is 24.4 Å². The first-order valence-electron chi connectivity index (χ1n) is 6.68. The fraction of sp³-hybridized carbons (Fsp3) is 0.400. The van der Waals surface area contributed by atoms with Crippen LogP contribution < -0.4 is 5.32 Å². The van der Waals surface area contributed by atoms with Gasteiger partial charge in [0.2, 0.25) is 0 Å². The summed E-state index contributed by atoms with van der Waals surface area (Å²) < 4.78 is 15.4. The highest BCUT2D eigenvalue weighted by molar-refractivity contribution is 5.48. The van der Waals surface area contributed by atoms with Crippen molar-refractivity contribution in [2.45, 2.75) is 32.2 Å². The van der Waals surface area contributed by atoms with Crippen LogP contribution in [0, 0.1) is 12.7 Å². The van der Waals surface area contributed by atoms with Crippen molar-refractivity contribution in [1.29, 1.82) is 0 Å². The van der Waals surface area contributed by atoms with E-state index in [4.69, 9.17) is 0 Å². The first kappa shape index (κ1) is 12.2. The summed E-state index contributed by atoms with van der Waals surface area (Å²) in [6.45, 7) is 1.91. The Hall–Kier alpha value is -1.84. The minimum atomic E-state index is -0.190. The van der Waals surface area contributed by atoms with Gasteiger partial charge in [0.15, 0.2) is 0 Å². The van der Waals surface area contributed by atoms with Gasteiger partial charge < -0.3 is 5.32 Å². The summed E-state index contributed by atoms with van der Waals surface area (Å²) in [7, 11) is 1.98. The van der Waals surface area contributed by atoms with E-state index in [9.17, 15) is 4.39 Å². The highest BCUT2D eigenvalue weighted by Crippen LogP contribution is 2.32. The molecule has 0 aliphatic heterocycles. The number of fused-ring (bicyclic) bond motifs is 1. The number of nitrogens with one attached hydrogen (secondary N) is 1. The van der Waals surface area contributed by atoms with Crippen molar-refractivity contribution in [3.8, 4) is 0 Å². The van der Waals surface area contributed by atoms with Crippen molar-refractivity contribution in [2.75, 3.05) is 5.32 Å². The van der Waals surface area contributed by atoms with Crippen LogP contribution in [-0.4, -0.2) is 9.78 Å². The maximum atomic E-state index is 13.4. The first-order chi connectivity index (χ1) is 9.13. The van der Waals surface area contributed by atoms with Crippen LogP contribution in [0.2, 0.25) is 0 Å². The summed E-state index contributed by atoms with van der Waals surface area (Å²) >= 11 is 0. The average Bonchev–Trinajstić information content (AvgIpc) is 2.71. The Morgan fingerprint density at radius 2 is 2.21 bits per heavy atom. The van der Waals surface area contributed by atoms with Crippen molar-refractivity contribution < 1.29 is 4.39 Å². The zero-order valence-corrected chi connectivity index (χ0v) is 11.3. The number of nitrogens with zero attached hydrogens (tertiary/aromatic N) is 2. The molecule has 1 aliphatic carbocycles. The minimum absolute atomic E-state index is 0.190. The second-order valence-electron chi connectivity index (χ2n) is 5.28. The van der Waals surface area contributed by atoms with Crippen LogP contribution in [0.25, 0.3) is 0 Å². The second-order valence-corrected chi connectivity index (χ2v) is 5.28. The number of aryl methyl sites for hydroxylation is 2. The SMILES string of the molecule is Cc1cc(F)cc(NC2CCCc3c2cnn3C)c1. The lowest BCUT2D eigenvalue weighted by molar-refractivity contribution is 0.570. The van der Waals surface area contributed by atoms with E-state index in [0.717, 1.165) is 30.5 Å². The van der Waals surface area contributed by atoms with Crippen molar-refractivity contribution in [3.63, 3.8) is 0 Å². The van der Waals surface area contributed by atoms with Crippen LogP contribution >= 0.6 is 0 Å². The first-order valence-corrected chi connectivity index (χ1v) is 6.68. The molecule has 1 atom stereocenters. The predicted molar refractivity (Wildman–Crippen MR) is 73.6 cm³/mol. The van der Waals surface area contributed by atoms with Crippen molar-refractivity contribution in [2.24, 2.45) is 7.05 Å². The van der Waals surface area contributed by atoms with Crippen molar-refractivity contribution in [1.82, 2.24) is 9.78 Å². The molecule has 3 rings (SSSR count). The second kappa shape index (κ2) is 4.68. The predicted octanol–water partition coefficient (Wildman–Crippen LogP) is 3.36. The molecule has 1 heterocycles. The molecule has 1 aromatic carbocycles. The molecule has 1 aromatic heterocycles. The fourth-order valence-corrected chi connectivity index (χ4v) is 2.88. The molecular weight excluding hydrogens is 241 g/mol. The fourth-order valence-electron chi connectivity index (χ4n) is 2.88. The Morgan fingerprint density at radius 3 is 3.00 bits per heavy atom. The molecule has 100 valence electrons. The van der Waals surface area contributed by atoms with Crippen LogP contribution in [0.4, 0.5) is 10.1 Å². The number of hydrogen-bond donors (Lipinski definition) is 1. The molecule has 0 spiro atoms. The van der Waals surface area contributed by atoms with Crippen LogP contribution in [0.1, 0.15) is 35.7 Å². The zero-order valence-electron chi connectivity index (χ0n) is 11.3. The van der Waals surface area contributed by atoms with Crippen molar-refractivity contribution >= 4 is 5.69 Å². The topological polar surface area (TPSA) is 29.9 Å². The Labute approximate surface area is 112 Å². The molecule has 0 radical (unpaired) electrons. The minimum Gasteiger partial charge on any atom is -0.378 e. The lowest BCUT2D eigenvalue weighted by atomic mass is 9.92. The maximum absolute atomic E-state index is 13.4. The van der Waals surface area contributed by atoms with Crippen LogP contribution in [0.5, 0.6) is 0 Å². The van der Waals surface area contributed by atoms with Gasteiger partial charge in [-0.1, -0.05) is 0 Å². The molecule has 3 nitrogen and oxygen atoms in total. The Kier molecular flexibility index (Phi) is 3.01. The quantitative estimate of drug-likeness (QED) is 0.896. The van der Waals surface area contributed by atoms with Gasteiger partial charge in [0.05, 0.1) is 12.2 Å². The molecule has 1 unspecified atom stereocenters. The van der Waals surface area contributed by atoms with Crippen molar-refractivity contribution in [3.05, 3.63) is 47.0 Å².